The van der Waals surface area contributed by atoms with Crippen LogP contribution in [0.25, 0.3) is 0 Å². The maximum absolute atomic E-state index is 15.0. The van der Waals surface area contributed by atoms with Crippen LogP contribution in [0.2, 0.25) is 0 Å². The number of esters is 1. The lowest BCUT2D eigenvalue weighted by Crippen LogP contribution is -2.64. The molecule has 2 bridgehead atoms. The van der Waals surface area contributed by atoms with Crippen LogP contribution in [0, 0.1) is 39.8 Å². The second-order valence-electron chi connectivity index (χ2n) is 13.2. The Labute approximate surface area is 235 Å². The molecule has 3 aliphatic carbocycles. The van der Waals surface area contributed by atoms with Crippen molar-refractivity contribution in [1.29, 1.82) is 0 Å². The zero-order valence-electron chi connectivity index (χ0n) is 24.1. The molecule has 10 heteroatoms. The van der Waals surface area contributed by atoms with Crippen LogP contribution in [0.1, 0.15) is 78.7 Å². The van der Waals surface area contributed by atoms with E-state index in [1.807, 2.05) is 27.7 Å². The second-order valence-corrected chi connectivity index (χ2v) is 13.2. The molecule has 3 fully saturated rings. The molecule has 1 heterocycles. The summed E-state index contributed by atoms with van der Waals surface area (Å²) in [5.74, 6) is -2.12. The van der Waals surface area contributed by atoms with Gasteiger partial charge in [-0.05, 0) is 61.0 Å². The minimum Gasteiger partial charge on any atom is -0.479 e. The molecule has 0 aromatic heterocycles. The van der Waals surface area contributed by atoms with Crippen molar-refractivity contribution < 1.29 is 43.3 Å². The molecule has 4 aliphatic rings. The van der Waals surface area contributed by atoms with Gasteiger partial charge >= 0.3 is 13.1 Å². The van der Waals surface area contributed by atoms with Crippen molar-refractivity contribution in [1.82, 2.24) is 0 Å². The number of fused-ring (bicyclic) bond motifs is 1. The van der Waals surface area contributed by atoms with Gasteiger partial charge in [0.25, 0.3) is 0 Å². The number of carbonyl (C=O) groups excluding carboxylic acids is 2. The van der Waals surface area contributed by atoms with Gasteiger partial charge < -0.3 is 29.4 Å². The summed E-state index contributed by atoms with van der Waals surface area (Å²) < 4.78 is 31.7. The number of aliphatic hydroxyl groups is 2. The highest BCUT2D eigenvalue weighted by Gasteiger charge is 2.69. The quantitative estimate of drug-likeness (QED) is 0.359. The molecule has 9 atom stereocenters. The number of halogens is 1. The molecule has 40 heavy (non-hydrogen) atoms. The first kappa shape index (κ1) is 29.5. The summed E-state index contributed by atoms with van der Waals surface area (Å²) >= 11 is 0. The fraction of sp³-hybridized carbons (Fsp3) is 0.733. The maximum Gasteiger partial charge on any atom is 0.494 e. The molecule has 0 saturated heterocycles. The van der Waals surface area contributed by atoms with Gasteiger partial charge in [-0.25, -0.2) is 9.18 Å². The van der Waals surface area contributed by atoms with Crippen LogP contribution in [0.4, 0.5) is 4.39 Å². The van der Waals surface area contributed by atoms with Gasteiger partial charge in [0.05, 0.1) is 18.8 Å². The van der Waals surface area contributed by atoms with Crippen molar-refractivity contribution in [3.63, 3.8) is 0 Å². The Kier molecular flexibility index (Phi) is 7.64. The Bertz CT molecular complexity index is 1180. The average molecular weight is 560 g/mol. The van der Waals surface area contributed by atoms with Crippen molar-refractivity contribution in [2.24, 2.45) is 34.0 Å². The SMILES string of the molecule is CCC(O)[C@]1(C)C[C@@H](OC(=O)COc2ccc3c(c2F)B(O)OC3)[C@]2(C)[C@H](C)CC[C@]3(CCC(=O)[C@H]32)[C@@H](C)[C@@H]1O. The molecule has 0 spiro atoms. The average Bonchev–Trinajstić information content (AvgIpc) is 3.49. The van der Waals surface area contributed by atoms with Crippen molar-refractivity contribution in [3.8, 4) is 5.75 Å². The molecule has 1 aromatic carbocycles. The lowest BCUT2D eigenvalue weighted by Gasteiger charge is -2.62. The monoisotopic (exact) mass is 560 g/mol. The Morgan fingerprint density at radius 2 is 2.00 bits per heavy atom. The number of hydrogen-bond donors (Lipinski definition) is 3. The van der Waals surface area contributed by atoms with Crippen molar-refractivity contribution >= 4 is 24.3 Å². The topological polar surface area (TPSA) is 123 Å². The van der Waals surface area contributed by atoms with Crippen molar-refractivity contribution in [2.75, 3.05) is 6.61 Å². The first-order chi connectivity index (χ1) is 18.8. The fourth-order valence-electron chi connectivity index (χ4n) is 8.80. The standard InChI is InChI=1S/C30H42BFO8/c1-6-21(34)28(4)13-22(40-23(35)15-38-20-8-7-18-14-39-31(37)24(18)25(20)32)29(5)16(2)9-11-30(17(3)27(28)36)12-10-19(33)26(29)30/h7-8,16-17,21-22,26-27,34,36-37H,6,9-15H2,1-5H3/t16-,17+,21?,22-,26+,27+,28+,29+,30+/m1/s1. The summed E-state index contributed by atoms with van der Waals surface area (Å²) in [6, 6.07) is 2.97. The third-order valence-electron chi connectivity index (χ3n) is 11.5. The van der Waals surface area contributed by atoms with Crippen LogP contribution >= 0.6 is 0 Å². The highest BCUT2D eigenvalue weighted by molar-refractivity contribution is 6.61. The number of benzene rings is 1. The Morgan fingerprint density at radius 1 is 1.27 bits per heavy atom. The number of carbonyl (C=O) groups is 2. The van der Waals surface area contributed by atoms with Crippen LogP contribution < -0.4 is 10.2 Å². The molecule has 5 rings (SSSR count). The van der Waals surface area contributed by atoms with Crippen LogP contribution in [-0.4, -0.2) is 59.0 Å². The number of ether oxygens (including phenoxy) is 2. The van der Waals surface area contributed by atoms with E-state index < -0.39 is 60.1 Å². The predicted molar refractivity (Wildman–Crippen MR) is 145 cm³/mol. The number of aliphatic hydroxyl groups excluding tert-OH is 2. The minimum absolute atomic E-state index is 0.00191. The Balaban J connectivity index is 1.47. The lowest BCUT2D eigenvalue weighted by atomic mass is 9.43. The largest absolute Gasteiger partial charge is 0.494 e. The fourth-order valence-corrected chi connectivity index (χ4v) is 8.80. The van der Waals surface area contributed by atoms with E-state index in [9.17, 15) is 24.8 Å². The minimum atomic E-state index is -1.39. The van der Waals surface area contributed by atoms with E-state index in [-0.39, 0.29) is 47.8 Å². The molecule has 0 amide bonds. The number of hydrogen-bond acceptors (Lipinski definition) is 8. The molecular weight excluding hydrogens is 518 g/mol. The molecule has 1 unspecified atom stereocenters. The van der Waals surface area contributed by atoms with E-state index in [4.69, 9.17) is 14.1 Å². The van der Waals surface area contributed by atoms with E-state index in [0.29, 0.717) is 24.8 Å². The summed E-state index contributed by atoms with van der Waals surface area (Å²) in [6.45, 7) is 9.36. The molecule has 1 aromatic rings. The number of ketones is 1. The third kappa shape index (κ3) is 4.24. The molecule has 3 N–H and O–H groups in total. The van der Waals surface area contributed by atoms with E-state index in [1.165, 1.54) is 6.07 Å². The first-order valence-corrected chi connectivity index (χ1v) is 14.6. The van der Waals surface area contributed by atoms with Gasteiger partial charge in [0.1, 0.15) is 11.9 Å². The summed E-state index contributed by atoms with van der Waals surface area (Å²) in [7, 11) is -1.39. The molecule has 8 nitrogen and oxygen atoms in total. The van der Waals surface area contributed by atoms with Gasteiger partial charge in [0.2, 0.25) is 0 Å². The van der Waals surface area contributed by atoms with Gasteiger partial charge in [-0.1, -0.05) is 40.7 Å². The lowest BCUT2D eigenvalue weighted by molar-refractivity contribution is -0.224. The third-order valence-corrected chi connectivity index (χ3v) is 11.5. The van der Waals surface area contributed by atoms with Crippen LogP contribution in [0.3, 0.4) is 0 Å². The number of rotatable bonds is 6. The van der Waals surface area contributed by atoms with E-state index in [1.54, 1.807) is 6.07 Å². The predicted octanol–water partition coefficient (Wildman–Crippen LogP) is 2.91. The summed E-state index contributed by atoms with van der Waals surface area (Å²) in [5.41, 5.74) is -1.63. The number of Topliss-reactive ketones (excluding diaryl/α,β-unsaturated/α-hetero) is 1. The normalized spacial score (nSPS) is 39.7. The highest BCUT2D eigenvalue weighted by atomic mass is 19.1. The Hall–Kier alpha value is -2.01. The highest BCUT2D eigenvalue weighted by Crippen LogP contribution is 2.68. The van der Waals surface area contributed by atoms with E-state index >= 15 is 4.39 Å². The van der Waals surface area contributed by atoms with Crippen molar-refractivity contribution in [2.45, 2.75) is 98.1 Å². The molecule has 1 aliphatic heterocycles. The smallest absolute Gasteiger partial charge is 0.479 e. The first-order valence-electron chi connectivity index (χ1n) is 14.6. The second kappa shape index (κ2) is 10.4. The Morgan fingerprint density at radius 3 is 2.70 bits per heavy atom. The summed E-state index contributed by atoms with van der Waals surface area (Å²) in [4.78, 5) is 26.9. The van der Waals surface area contributed by atoms with Crippen molar-refractivity contribution in [3.05, 3.63) is 23.5 Å². The van der Waals surface area contributed by atoms with Crippen LogP contribution in [0.15, 0.2) is 12.1 Å². The molecular formula is C30H42BFO8. The zero-order valence-corrected chi connectivity index (χ0v) is 24.1. The summed E-state index contributed by atoms with van der Waals surface area (Å²) in [6.07, 6.45) is 0.795. The summed E-state index contributed by atoms with van der Waals surface area (Å²) in [5, 5.41) is 33.0. The van der Waals surface area contributed by atoms with Gasteiger partial charge in [-0.15, -0.1) is 0 Å². The maximum atomic E-state index is 15.0. The van der Waals surface area contributed by atoms with E-state index in [0.717, 1.165) is 12.8 Å². The zero-order chi connectivity index (χ0) is 29.2. The molecule has 3 saturated carbocycles. The van der Waals surface area contributed by atoms with Gasteiger partial charge in [0, 0.05) is 28.6 Å². The van der Waals surface area contributed by atoms with Gasteiger partial charge in [-0.2, -0.15) is 0 Å². The van der Waals surface area contributed by atoms with E-state index in [2.05, 4.69) is 6.92 Å². The van der Waals surface area contributed by atoms with Crippen LogP contribution in [0.5, 0.6) is 5.75 Å². The molecule has 0 radical (unpaired) electrons. The van der Waals surface area contributed by atoms with Gasteiger partial charge in [0.15, 0.2) is 18.2 Å². The van der Waals surface area contributed by atoms with Gasteiger partial charge in [-0.3, -0.25) is 4.79 Å². The van der Waals surface area contributed by atoms with Crippen LogP contribution in [-0.2, 0) is 25.6 Å². The molecule has 220 valence electrons.